The van der Waals surface area contributed by atoms with Crippen molar-refractivity contribution in [2.45, 2.75) is 25.2 Å². The van der Waals surface area contributed by atoms with Gasteiger partial charge in [0.15, 0.2) is 23.1 Å². The lowest BCUT2D eigenvalue weighted by Crippen LogP contribution is -2.28. The number of fused-ring (bicyclic) bond motifs is 1. The molecule has 2 aliphatic carbocycles. The first-order valence-electron chi connectivity index (χ1n) is 7.85. The summed E-state index contributed by atoms with van der Waals surface area (Å²) in [4.78, 5) is 47.7. The monoisotopic (exact) mass is 336 g/mol. The van der Waals surface area contributed by atoms with Gasteiger partial charge in [-0.1, -0.05) is 13.0 Å². The summed E-state index contributed by atoms with van der Waals surface area (Å²) in [5, 5.41) is 0. The SMILES string of the molecule is C=C[C@@]1(C)CCC(=O)c2coc(C(=O)/C=C/C3=CC(=O)C=CC3=O)c21. The maximum Gasteiger partial charge on any atom is 0.221 e. The van der Waals surface area contributed by atoms with Crippen LogP contribution in [0.1, 0.15) is 46.2 Å². The van der Waals surface area contributed by atoms with Crippen molar-refractivity contribution in [1.29, 1.82) is 0 Å². The van der Waals surface area contributed by atoms with Crippen molar-refractivity contribution in [3.8, 4) is 0 Å². The van der Waals surface area contributed by atoms with Gasteiger partial charge in [0.1, 0.15) is 6.26 Å². The number of allylic oxidation sites excluding steroid dienone is 7. The molecule has 0 bridgehead atoms. The molecule has 0 aliphatic heterocycles. The summed E-state index contributed by atoms with van der Waals surface area (Å²) in [5.41, 5.74) is 0.530. The van der Waals surface area contributed by atoms with Crippen LogP contribution < -0.4 is 0 Å². The normalized spacial score (nSPS) is 22.9. The molecule has 0 aromatic carbocycles. The van der Waals surface area contributed by atoms with E-state index >= 15 is 0 Å². The summed E-state index contributed by atoms with van der Waals surface area (Å²) in [6.07, 6.45) is 9.90. The van der Waals surface area contributed by atoms with E-state index in [4.69, 9.17) is 4.42 Å². The van der Waals surface area contributed by atoms with E-state index in [1.54, 1.807) is 6.08 Å². The molecular weight excluding hydrogens is 320 g/mol. The van der Waals surface area contributed by atoms with E-state index in [1.165, 1.54) is 30.6 Å². The second-order valence-corrected chi connectivity index (χ2v) is 6.30. The molecule has 0 saturated heterocycles. The predicted octanol–water partition coefficient (Wildman–Crippen LogP) is 3.07. The summed E-state index contributed by atoms with van der Waals surface area (Å²) >= 11 is 0. The van der Waals surface area contributed by atoms with Gasteiger partial charge in [-0.25, -0.2) is 0 Å². The number of rotatable bonds is 4. The fourth-order valence-electron chi connectivity index (χ4n) is 3.05. The number of hydrogen-bond acceptors (Lipinski definition) is 5. The highest BCUT2D eigenvalue weighted by Crippen LogP contribution is 2.41. The number of carbonyl (C=O) groups is 4. The number of carbonyl (C=O) groups excluding carboxylic acids is 4. The highest BCUT2D eigenvalue weighted by molar-refractivity contribution is 6.19. The van der Waals surface area contributed by atoms with Crippen LogP contribution in [0.25, 0.3) is 0 Å². The van der Waals surface area contributed by atoms with Gasteiger partial charge >= 0.3 is 0 Å². The van der Waals surface area contributed by atoms with Crippen LogP contribution in [-0.2, 0) is 15.0 Å². The van der Waals surface area contributed by atoms with Crippen LogP contribution in [0.15, 0.2) is 59.3 Å². The molecule has 0 amide bonds. The van der Waals surface area contributed by atoms with E-state index in [2.05, 4.69) is 6.58 Å². The Bertz CT molecular complexity index is 907. The molecule has 0 saturated carbocycles. The Morgan fingerprint density at radius 3 is 2.76 bits per heavy atom. The Kier molecular flexibility index (Phi) is 4.08. The summed E-state index contributed by atoms with van der Waals surface area (Å²) in [5.74, 6) is -1.14. The fourth-order valence-corrected chi connectivity index (χ4v) is 3.05. The number of hydrogen-bond donors (Lipinski definition) is 0. The van der Waals surface area contributed by atoms with Crippen LogP contribution >= 0.6 is 0 Å². The van der Waals surface area contributed by atoms with E-state index in [0.717, 1.165) is 6.08 Å². The summed E-state index contributed by atoms with van der Waals surface area (Å²) in [6, 6.07) is 0. The lowest BCUT2D eigenvalue weighted by Gasteiger charge is -2.30. The summed E-state index contributed by atoms with van der Waals surface area (Å²) in [6.45, 7) is 5.72. The van der Waals surface area contributed by atoms with Crippen LogP contribution in [0.4, 0.5) is 0 Å². The molecule has 126 valence electrons. The number of ketones is 4. The third kappa shape index (κ3) is 2.89. The van der Waals surface area contributed by atoms with Gasteiger partial charge in [0.2, 0.25) is 5.78 Å². The van der Waals surface area contributed by atoms with E-state index in [9.17, 15) is 19.2 Å². The molecule has 1 atom stereocenters. The number of furan rings is 1. The molecule has 5 heteroatoms. The van der Waals surface area contributed by atoms with Gasteiger partial charge in [-0.05, 0) is 36.8 Å². The van der Waals surface area contributed by atoms with Crippen molar-refractivity contribution in [3.05, 3.63) is 71.8 Å². The molecule has 0 N–H and O–H groups in total. The standard InChI is InChI=1S/C20H16O5/c1-3-20(2)9-8-16(23)14-11-25-19(18(14)20)17(24)6-4-12-10-13(21)5-7-15(12)22/h3-7,10-11H,1,8-9H2,2H3/b6-4+/t20-/m0/s1. The zero-order chi connectivity index (χ0) is 18.2. The Hall–Kier alpha value is -3.08. The minimum Gasteiger partial charge on any atom is -0.460 e. The van der Waals surface area contributed by atoms with Crippen molar-refractivity contribution >= 4 is 23.1 Å². The molecule has 1 aromatic heterocycles. The molecule has 5 nitrogen and oxygen atoms in total. The van der Waals surface area contributed by atoms with E-state index in [0.29, 0.717) is 24.0 Å². The minimum atomic E-state index is -0.534. The van der Waals surface area contributed by atoms with Gasteiger partial charge in [-0.3, -0.25) is 19.2 Å². The van der Waals surface area contributed by atoms with E-state index in [1.807, 2.05) is 6.92 Å². The number of Topliss-reactive ketones (excluding diaryl/α,β-unsaturated/α-hetero) is 1. The maximum absolute atomic E-state index is 12.6. The third-order valence-corrected chi connectivity index (χ3v) is 4.60. The second kappa shape index (κ2) is 6.09. The van der Waals surface area contributed by atoms with Crippen molar-refractivity contribution in [2.75, 3.05) is 0 Å². The molecule has 25 heavy (non-hydrogen) atoms. The van der Waals surface area contributed by atoms with E-state index in [-0.39, 0.29) is 28.7 Å². The van der Waals surface area contributed by atoms with Crippen molar-refractivity contribution < 1.29 is 23.6 Å². The molecule has 2 aliphatic rings. The lowest BCUT2D eigenvalue weighted by atomic mass is 9.71. The maximum atomic E-state index is 12.6. The molecule has 0 fully saturated rings. The van der Waals surface area contributed by atoms with Crippen LogP contribution in [0, 0.1) is 0 Å². The molecule has 0 spiro atoms. The smallest absolute Gasteiger partial charge is 0.221 e. The first-order chi connectivity index (χ1) is 11.9. The first kappa shape index (κ1) is 16.8. The Morgan fingerprint density at radius 2 is 2.04 bits per heavy atom. The average Bonchev–Trinajstić information content (AvgIpc) is 3.06. The Balaban J connectivity index is 1.96. The molecule has 0 unspecified atom stereocenters. The van der Waals surface area contributed by atoms with Gasteiger partial charge < -0.3 is 4.42 Å². The van der Waals surface area contributed by atoms with Gasteiger partial charge in [0, 0.05) is 23.0 Å². The lowest BCUT2D eigenvalue weighted by molar-refractivity contribution is -0.114. The zero-order valence-corrected chi connectivity index (χ0v) is 13.7. The van der Waals surface area contributed by atoms with Crippen molar-refractivity contribution in [2.24, 2.45) is 0 Å². The van der Waals surface area contributed by atoms with Crippen molar-refractivity contribution in [1.82, 2.24) is 0 Å². The average molecular weight is 336 g/mol. The Morgan fingerprint density at radius 1 is 1.28 bits per heavy atom. The third-order valence-electron chi connectivity index (χ3n) is 4.60. The minimum absolute atomic E-state index is 0.0624. The highest BCUT2D eigenvalue weighted by atomic mass is 16.3. The van der Waals surface area contributed by atoms with Crippen LogP contribution in [-0.4, -0.2) is 23.1 Å². The molecule has 3 rings (SSSR count). The molecule has 1 aromatic rings. The van der Waals surface area contributed by atoms with Gasteiger partial charge in [-0.15, -0.1) is 6.58 Å². The summed E-state index contributed by atoms with van der Waals surface area (Å²) in [7, 11) is 0. The summed E-state index contributed by atoms with van der Waals surface area (Å²) < 4.78 is 5.38. The van der Waals surface area contributed by atoms with E-state index < -0.39 is 11.2 Å². The molecule has 1 heterocycles. The molecule has 0 radical (unpaired) electrons. The van der Waals surface area contributed by atoms with Gasteiger partial charge in [0.25, 0.3) is 0 Å². The first-order valence-corrected chi connectivity index (χ1v) is 7.85. The van der Waals surface area contributed by atoms with Crippen LogP contribution in [0.2, 0.25) is 0 Å². The Labute approximate surface area is 144 Å². The zero-order valence-electron chi connectivity index (χ0n) is 13.7. The van der Waals surface area contributed by atoms with Crippen LogP contribution in [0.5, 0.6) is 0 Å². The fraction of sp³-hybridized carbons (Fsp3) is 0.200. The largest absolute Gasteiger partial charge is 0.460 e. The van der Waals surface area contributed by atoms with Crippen LogP contribution in [0.3, 0.4) is 0 Å². The van der Waals surface area contributed by atoms with Crippen molar-refractivity contribution in [3.63, 3.8) is 0 Å². The van der Waals surface area contributed by atoms with Gasteiger partial charge in [0.05, 0.1) is 5.56 Å². The molecular formula is C20H16O5. The predicted molar refractivity (Wildman–Crippen MR) is 90.5 cm³/mol. The highest BCUT2D eigenvalue weighted by Gasteiger charge is 2.39. The second-order valence-electron chi connectivity index (χ2n) is 6.30. The topological polar surface area (TPSA) is 81.4 Å². The van der Waals surface area contributed by atoms with Gasteiger partial charge in [-0.2, -0.15) is 0 Å². The quantitative estimate of drug-likeness (QED) is 0.365.